The van der Waals surface area contributed by atoms with Crippen molar-refractivity contribution in [2.24, 2.45) is 0 Å². The van der Waals surface area contributed by atoms with E-state index in [9.17, 15) is 54.0 Å². The van der Waals surface area contributed by atoms with E-state index in [1.54, 1.807) is 0 Å². The van der Waals surface area contributed by atoms with Crippen LogP contribution in [0, 0.1) is 0 Å². The van der Waals surface area contributed by atoms with Gasteiger partial charge in [-0.25, -0.2) is 13.7 Å². The molecule has 1 aromatic rings. The maximum absolute atomic E-state index is 12.1. The zero-order valence-electron chi connectivity index (χ0n) is 17.8. The number of hydrogen-bond acceptors (Lipinski definition) is 16. The first-order chi connectivity index (χ1) is 16.7. The van der Waals surface area contributed by atoms with Crippen molar-refractivity contribution in [1.29, 1.82) is 0 Å². The van der Waals surface area contributed by atoms with Crippen LogP contribution in [0.4, 0.5) is 0 Å². The summed E-state index contributed by atoms with van der Waals surface area (Å²) in [7, 11) is -11.3. The van der Waals surface area contributed by atoms with Crippen molar-refractivity contribution in [2.75, 3.05) is 13.2 Å². The quantitative estimate of drug-likeness (QED) is 0.101. The Balaban J connectivity index is 1.61. The van der Waals surface area contributed by atoms with Crippen molar-refractivity contribution in [3.63, 3.8) is 0 Å². The van der Waals surface area contributed by atoms with Gasteiger partial charge in [-0.2, -0.15) is 12.6 Å². The number of aromatic amines is 1. The van der Waals surface area contributed by atoms with Crippen LogP contribution in [0.3, 0.4) is 0 Å². The van der Waals surface area contributed by atoms with Crippen LogP contribution < -0.4 is 16.1 Å². The summed E-state index contributed by atoms with van der Waals surface area (Å²) in [6, 6.07) is 0.931. The summed E-state index contributed by atoms with van der Waals surface area (Å²) in [5.74, 6) is 0. The molecular weight excluding hydrogens is 558 g/mol. The summed E-state index contributed by atoms with van der Waals surface area (Å²) in [4.78, 5) is 46.8. The zero-order chi connectivity index (χ0) is 27.0. The van der Waals surface area contributed by atoms with Crippen LogP contribution >= 0.6 is 28.3 Å². The molecule has 18 nitrogen and oxygen atoms in total. The van der Waals surface area contributed by atoms with Gasteiger partial charge in [0, 0.05) is 12.3 Å². The minimum absolute atomic E-state index is 0.725. The molecule has 0 saturated carbocycles. The highest BCUT2D eigenvalue weighted by atomic mass is 32.1. The number of thiol groups is 1. The molecule has 1 aromatic heterocycles. The average molecular weight is 581 g/mol. The Bertz CT molecular complexity index is 1130. The predicted octanol–water partition coefficient (Wildman–Crippen LogP) is -4.49. The lowest BCUT2D eigenvalue weighted by molar-refractivity contribution is -0.279. The molecule has 3 rings (SSSR count). The molecule has 0 amide bonds. The number of ether oxygens (including phenoxy) is 2. The molecule has 0 radical (unpaired) electrons. The van der Waals surface area contributed by atoms with E-state index in [1.165, 1.54) is 0 Å². The normalized spacial score (nSPS) is 38.4. The molecule has 2 fully saturated rings. The van der Waals surface area contributed by atoms with Gasteiger partial charge in [0.25, 0.3) is 13.4 Å². The number of H-pyrrole nitrogens is 1. The van der Waals surface area contributed by atoms with Crippen molar-refractivity contribution in [2.45, 2.75) is 54.4 Å². The predicted molar refractivity (Wildman–Crippen MR) is 113 cm³/mol. The SMILES string of the molecule is O=c1ccn([C@@H]2O[C@H](COP(=O)(O)OP(=O)([O-])O[C@@H]3OC(CO)[C@H](S)[C@H](O)C3O)[C@H](O)C2O)c(=O)[nH]1. The third kappa shape index (κ3) is 6.71. The fraction of sp³-hybridized carbons (Fsp3) is 0.733. The summed E-state index contributed by atoms with van der Waals surface area (Å²) in [6.07, 6.45) is -12.8. The van der Waals surface area contributed by atoms with Crippen LogP contribution in [-0.4, -0.2) is 101 Å². The fourth-order valence-electron chi connectivity index (χ4n) is 3.34. The number of nitrogens with one attached hydrogen (secondary N) is 1. The summed E-state index contributed by atoms with van der Waals surface area (Å²) in [5.41, 5.74) is -1.74. The number of rotatable bonds is 9. The second kappa shape index (κ2) is 11.4. The van der Waals surface area contributed by atoms with Gasteiger partial charge in [0.05, 0.1) is 30.7 Å². The van der Waals surface area contributed by atoms with Crippen LogP contribution in [0.5, 0.6) is 0 Å². The van der Waals surface area contributed by atoms with Gasteiger partial charge >= 0.3 is 13.5 Å². The van der Waals surface area contributed by atoms with Crippen molar-refractivity contribution >= 4 is 28.3 Å². The van der Waals surface area contributed by atoms with Crippen molar-refractivity contribution in [1.82, 2.24) is 9.55 Å². The smallest absolute Gasteiger partial charge is 0.478 e. The molecule has 0 bridgehead atoms. The Labute approximate surface area is 206 Å². The van der Waals surface area contributed by atoms with E-state index in [0.29, 0.717) is 0 Å². The highest BCUT2D eigenvalue weighted by Gasteiger charge is 2.47. The molecule has 11 atom stereocenters. The van der Waals surface area contributed by atoms with Crippen LogP contribution in [0.15, 0.2) is 21.9 Å². The highest BCUT2D eigenvalue weighted by molar-refractivity contribution is 7.81. The molecule has 36 heavy (non-hydrogen) atoms. The monoisotopic (exact) mass is 581 g/mol. The number of aliphatic hydroxyl groups excluding tert-OH is 5. The number of aliphatic hydroxyl groups is 5. The lowest BCUT2D eigenvalue weighted by Gasteiger charge is -2.41. The largest absolute Gasteiger partial charge is 0.756 e. The Hall–Kier alpha value is -0.990. The van der Waals surface area contributed by atoms with E-state index in [-0.39, 0.29) is 0 Å². The van der Waals surface area contributed by atoms with Crippen LogP contribution in [0.2, 0.25) is 0 Å². The Kier molecular flexibility index (Phi) is 9.36. The minimum Gasteiger partial charge on any atom is -0.756 e. The number of phosphoric ester groups is 2. The standard InChI is InChI=1S/C15H24N2O16P2S/c18-3-5-12(36)9(21)11(23)14(31-5)32-35(27,28)33-34(25,26)29-4-6-8(20)10(22)13(30-6)17-2-1-7(19)16-15(17)24/h1-2,5-6,8-14,18,20-23,36H,3-4H2,(H,25,26)(H,27,28)(H,16,19,24)/p-1/t5?,6-,8+,9-,10?,11?,12+,13-,14+/m1/s1. The molecule has 0 aliphatic carbocycles. The van der Waals surface area contributed by atoms with Crippen molar-refractivity contribution in [3.05, 3.63) is 33.1 Å². The minimum atomic E-state index is -5.79. The van der Waals surface area contributed by atoms with E-state index in [0.717, 1.165) is 16.8 Å². The second-order valence-electron chi connectivity index (χ2n) is 7.66. The molecular formula is C15H23N2O16P2S-. The number of nitrogens with zero attached hydrogens (tertiary/aromatic N) is 1. The molecule has 206 valence electrons. The van der Waals surface area contributed by atoms with Gasteiger partial charge in [0.2, 0.25) is 0 Å². The molecule has 5 unspecified atom stereocenters. The molecule has 0 spiro atoms. The summed E-state index contributed by atoms with van der Waals surface area (Å²) >= 11 is 3.92. The van der Waals surface area contributed by atoms with Crippen LogP contribution in [-0.2, 0) is 32.0 Å². The summed E-state index contributed by atoms with van der Waals surface area (Å²) < 4.78 is 48.0. The van der Waals surface area contributed by atoms with Gasteiger partial charge in [-0.1, -0.05) is 0 Å². The van der Waals surface area contributed by atoms with Crippen molar-refractivity contribution < 1.29 is 67.3 Å². The molecule has 21 heteroatoms. The number of phosphoric acid groups is 2. The average Bonchev–Trinajstić information content (AvgIpc) is 3.06. The summed E-state index contributed by atoms with van der Waals surface area (Å²) in [6.45, 7) is -1.78. The van der Waals surface area contributed by atoms with Gasteiger partial charge in [-0.05, 0) is 0 Å². The van der Waals surface area contributed by atoms with E-state index in [2.05, 4.69) is 26.0 Å². The molecule has 2 aliphatic heterocycles. The van der Waals surface area contributed by atoms with Gasteiger partial charge in [0.15, 0.2) is 12.5 Å². The number of hydrogen-bond donors (Lipinski definition) is 8. The summed E-state index contributed by atoms with van der Waals surface area (Å²) in [5, 5.41) is 48.1. The van der Waals surface area contributed by atoms with E-state index in [4.69, 9.17) is 9.47 Å². The van der Waals surface area contributed by atoms with Gasteiger partial charge in [-0.3, -0.25) is 28.0 Å². The third-order valence-electron chi connectivity index (χ3n) is 5.15. The highest BCUT2D eigenvalue weighted by Crippen LogP contribution is 2.59. The first kappa shape index (κ1) is 29.6. The second-order valence-corrected chi connectivity index (χ2v) is 11.2. The Morgan fingerprint density at radius 3 is 2.36 bits per heavy atom. The first-order valence-corrected chi connectivity index (χ1v) is 13.4. The lowest BCUT2D eigenvalue weighted by atomic mass is 10.0. The topological polar surface area (TPSA) is 280 Å². The fourth-order valence-corrected chi connectivity index (χ4v) is 5.80. The van der Waals surface area contributed by atoms with Gasteiger partial charge in [0.1, 0.15) is 24.4 Å². The van der Waals surface area contributed by atoms with Crippen molar-refractivity contribution in [3.8, 4) is 0 Å². The first-order valence-electron chi connectivity index (χ1n) is 9.97. The van der Waals surface area contributed by atoms with E-state index in [1.807, 2.05) is 4.98 Å². The third-order valence-corrected chi connectivity index (χ3v) is 8.35. The molecule has 2 saturated heterocycles. The lowest BCUT2D eigenvalue weighted by Crippen LogP contribution is -2.57. The van der Waals surface area contributed by atoms with E-state index < -0.39 is 94.5 Å². The maximum Gasteiger partial charge on any atom is 0.478 e. The van der Waals surface area contributed by atoms with Gasteiger partial charge < -0.3 is 44.8 Å². The maximum atomic E-state index is 12.1. The van der Waals surface area contributed by atoms with E-state index >= 15 is 0 Å². The Morgan fingerprint density at radius 2 is 1.75 bits per heavy atom. The number of aromatic nitrogens is 2. The zero-order valence-corrected chi connectivity index (χ0v) is 20.5. The Morgan fingerprint density at radius 1 is 1.08 bits per heavy atom. The molecule has 3 heterocycles. The molecule has 0 aromatic carbocycles. The molecule has 2 aliphatic rings. The van der Waals surface area contributed by atoms with Crippen LogP contribution in [0.1, 0.15) is 6.23 Å². The van der Waals surface area contributed by atoms with Gasteiger partial charge in [-0.15, -0.1) is 0 Å². The molecule has 7 N–H and O–H groups in total. The van der Waals surface area contributed by atoms with Crippen LogP contribution in [0.25, 0.3) is 0 Å².